The van der Waals surface area contributed by atoms with Gasteiger partial charge in [-0.15, -0.1) is 0 Å². The van der Waals surface area contributed by atoms with Crippen molar-refractivity contribution in [2.24, 2.45) is 11.7 Å². The zero-order valence-corrected chi connectivity index (χ0v) is 14.2. The molecule has 0 spiro atoms. The smallest absolute Gasteiger partial charge is 0.224 e. The van der Waals surface area contributed by atoms with Gasteiger partial charge in [-0.3, -0.25) is 4.79 Å². The second kappa shape index (κ2) is 9.19. The highest BCUT2D eigenvalue weighted by Gasteiger charge is 2.44. The maximum absolute atomic E-state index is 12.2. The quantitative estimate of drug-likeness (QED) is 0.225. The number of carbonyl (C=O) groups excluding carboxylic acids is 1. The Morgan fingerprint density at radius 2 is 1.96 bits per heavy atom. The van der Waals surface area contributed by atoms with Crippen LogP contribution in [0, 0.1) is 5.92 Å². The molecular formula is C15H29N3O7. The molecule has 0 aromatic heterocycles. The molecule has 2 aliphatic rings. The monoisotopic (exact) mass is 363 g/mol. The SMILES string of the molecule is CNC1CC(N)CC1C(=O)NCCO[C@@H]1OC(CO)[C@H](O)C(O)C1O. The van der Waals surface area contributed by atoms with Crippen molar-refractivity contribution < 1.29 is 34.7 Å². The van der Waals surface area contributed by atoms with Crippen LogP contribution in [0.5, 0.6) is 0 Å². The molecule has 25 heavy (non-hydrogen) atoms. The summed E-state index contributed by atoms with van der Waals surface area (Å²) in [5.74, 6) is -0.322. The van der Waals surface area contributed by atoms with Crippen molar-refractivity contribution in [3.63, 3.8) is 0 Å². The Labute approximate surface area is 146 Å². The third-order valence-corrected chi connectivity index (χ3v) is 4.84. The molecule has 1 saturated carbocycles. The van der Waals surface area contributed by atoms with Crippen LogP contribution >= 0.6 is 0 Å². The van der Waals surface area contributed by atoms with Gasteiger partial charge in [-0.05, 0) is 19.9 Å². The average Bonchev–Trinajstić information content (AvgIpc) is 2.99. The number of rotatable bonds is 7. The fourth-order valence-corrected chi connectivity index (χ4v) is 3.37. The van der Waals surface area contributed by atoms with Gasteiger partial charge in [-0.1, -0.05) is 0 Å². The molecule has 6 unspecified atom stereocenters. The Hall–Kier alpha value is -0.850. The van der Waals surface area contributed by atoms with Crippen molar-refractivity contribution in [1.29, 1.82) is 0 Å². The van der Waals surface area contributed by atoms with E-state index in [1.54, 1.807) is 7.05 Å². The summed E-state index contributed by atoms with van der Waals surface area (Å²) in [6.07, 6.45) is -5.21. The standard InChI is InChI=1S/C15H29N3O7/c1-17-9-5-7(16)4-8(9)14(23)18-2-3-24-15-13(22)12(21)11(20)10(6-19)25-15/h7-13,15,17,19-22H,2-6,16H2,1H3,(H,18,23)/t7?,8?,9?,10?,11-,12?,13?,15+/m0/s1. The Kier molecular flexibility index (Phi) is 7.52. The minimum atomic E-state index is -1.48. The minimum absolute atomic E-state index is 0.00133. The number of nitrogens with two attached hydrogens (primary N) is 1. The molecule has 1 aliphatic heterocycles. The van der Waals surface area contributed by atoms with Crippen LogP contribution < -0.4 is 16.4 Å². The molecular weight excluding hydrogens is 334 g/mol. The van der Waals surface area contributed by atoms with Crippen molar-refractivity contribution in [3.05, 3.63) is 0 Å². The molecule has 1 heterocycles. The van der Waals surface area contributed by atoms with Gasteiger partial charge in [-0.25, -0.2) is 0 Å². The molecule has 0 bridgehead atoms. The first kappa shape index (κ1) is 20.5. The Bertz CT molecular complexity index is 439. The Balaban J connectivity index is 1.74. The molecule has 0 aromatic carbocycles. The van der Waals surface area contributed by atoms with Gasteiger partial charge in [0.15, 0.2) is 6.29 Å². The van der Waals surface area contributed by atoms with Crippen LogP contribution in [0.1, 0.15) is 12.8 Å². The number of aliphatic hydroxyl groups is 4. The normalized spacial score (nSPS) is 41.7. The largest absolute Gasteiger partial charge is 0.394 e. The van der Waals surface area contributed by atoms with Crippen LogP contribution in [0.3, 0.4) is 0 Å². The van der Waals surface area contributed by atoms with Gasteiger partial charge in [0.1, 0.15) is 24.4 Å². The molecule has 10 heteroatoms. The predicted octanol–water partition coefficient (Wildman–Crippen LogP) is -3.76. The van der Waals surface area contributed by atoms with Crippen molar-refractivity contribution >= 4 is 5.91 Å². The van der Waals surface area contributed by atoms with Crippen LogP contribution in [0.2, 0.25) is 0 Å². The molecule has 8 atom stereocenters. The van der Waals surface area contributed by atoms with Gasteiger partial charge in [0, 0.05) is 18.6 Å². The number of hydrogen-bond donors (Lipinski definition) is 7. The first-order valence-corrected chi connectivity index (χ1v) is 8.51. The van der Waals surface area contributed by atoms with Crippen molar-refractivity contribution in [2.45, 2.75) is 55.6 Å². The van der Waals surface area contributed by atoms with Crippen LogP contribution in [0.15, 0.2) is 0 Å². The molecule has 1 aliphatic carbocycles. The summed E-state index contributed by atoms with van der Waals surface area (Å²) in [7, 11) is 1.80. The summed E-state index contributed by atoms with van der Waals surface area (Å²) in [5, 5.41) is 44.2. The van der Waals surface area contributed by atoms with E-state index in [0.717, 1.165) is 6.42 Å². The highest BCUT2D eigenvalue weighted by atomic mass is 16.7. The number of nitrogens with one attached hydrogen (secondary N) is 2. The molecule has 0 aromatic rings. The zero-order valence-electron chi connectivity index (χ0n) is 14.2. The number of aliphatic hydroxyl groups excluding tert-OH is 4. The maximum atomic E-state index is 12.2. The third-order valence-electron chi connectivity index (χ3n) is 4.84. The summed E-state index contributed by atoms with van der Waals surface area (Å²) in [5.41, 5.74) is 5.89. The minimum Gasteiger partial charge on any atom is -0.394 e. The third kappa shape index (κ3) is 4.86. The van der Waals surface area contributed by atoms with Crippen LogP contribution in [0.4, 0.5) is 0 Å². The maximum Gasteiger partial charge on any atom is 0.224 e. The van der Waals surface area contributed by atoms with Gasteiger partial charge >= 0.3 is 0 Å². The lowest BCUT2D eigenvalue weighted by Gasteiger charge is -2.39. The van der Waals surface area contributed by atoms with Gasteiger partial charge in [0.25, 0.3) is 0 Å². The van der Waals surface area contributed by atoms with E-state index in [0.29, 0.717) is 6.42 Å². The van der Waals surface area contributed by atoms with Crippen molar-refractivity contribution in [2.75, 3.05) is 26.8 Å². The zero-order chi connectivity index (χ0) is 18.6. The fraction of sp³-hybridized carbons (Fsp3) is 0.933. The average molecular weight is 363 g/mol. The summed E-state index contributed by atoms with van der Waals surface area (Å²) in [6, 6.07) is 0.0416. The first-order chi connectivity index (χ1) is 11.9. The topological polar surface area (TPSA) is 167 Å². The van der Waals surface area contributed by atoms with E-state index >= 15 is 0 Å². The van der Waals surface area contributed by atoms with E-state index in [1.807, 2.05) is 0 Å². The van der Waals surface area contributed by atoms with Crippen LogP contribution in [-0.2, 0) is 14.3 Å². The van der Waals surface area contributed by atoms with E-state index in [1.165, 1.54) is 0 Å². The van der Waals surface area contributed by atoms with E-state index in [2.05, 4.69) is 10.6 Å². The lowest BCUT2D eigenvalue weighted by molar-refractivity contribution is -0.300. The molecule has 8 N–H and O–H groups in total. The molecule has 2 rings (SSSR count). The molecule has 0 radical (unpaired) electrons. The van der Waals surface area contributed by atoms with E-state index in [-0.39, 0.29) is 37.1 Å². The van der Waals surface area contributed by atoms with Gasteiger partial charge < -0.3 is 46.3 Å². The van der Waals surface area contributed by atoms with E-state index < -0.39 is 37.3 Å². The van der Waals surface area contributed by atoms with Crippen molar-refractivity contribution in [1.82, 2.24) is 10.6 Å². The number of carbonyl (C=O) groups is 1. The van der Waals surface area contributed by atoms with E-state index in [4.69, 9.17) is 20.3 Å². The molecule has 2 fully saturated rings. The van der Waals surface area contributed by atoms with Crippen LogP contribution in [-0.4, -0.2) is 95.9 Å². The van der Waals surface area contributed by atoms with Gasteiger partial charge in [-0.2, -0.15) is 0 Å². The first-order valence-electron chi connectivity index (χ1n) is 8.51. The van der Waals surface area contributed by atoms with E-state index in [9.17, 15) is 20.1 Å². The van der Waals surface area contributed by atoms with Gasteiger partial charge in [0.2, 0.25) is 5.91 Å². The lowest BCUT2D eigenvalue weighted by atomic mass is 9.99. The molecule has 10 nitrogen and oxygen atoms in total. The Morgan fingerprint density at radius 1 is 1.24 bits per heavy atom. The predicted molar refractivity (Wildman–Crippen MR) is 86.3 cm³/mol. The highest BCUT2D eigenvalue weighted by molar-refractivity contribution is 5.79. The second-order valence-electron chi connectivity index (χ2n) is 6.59. The van der Waals surface area contributed by atoms with Crippen molar-refractivity contribution in [3.8, 4) is 0 Å². The number of amides is 1. The summed E-state index contributed by atoms with van der Waals surface area (Å²) in [6.45, 7) is -0.289. The molecule has 1 saturated heterocycles. The Morgan fingerprint density at radius 3 is 2.60 bits per heavy atom. The summed E-state index contributed by atoms with van der Waals surface area (Å²) in [4.78, 5) is 12.2. The van der Waals surface area contributed by atoms with Crippen LogP contribution in [0.25, 0.3) is 0 Å². The summed E-state index contributed by atoms with van der Waals surface area (Å²) >= 11 is 0. The summed E-state index contributed by atoms with van der Waals surface area (Å²) < 4.78 is 10.5. The highest BCUT2D eigenvalue weighted by Crippen LogP contribution is 2.25. The lowest BCUT2D eigenvalue weighted by Crippen LogP contribution is -2.59. The second-order valence-corrected chi connectivity index (χ2v) is 6.59. The number of hydrogen-bond acceptors (Lipinski definition) is 9. The molecule has 146 valence electrons. The van der Waals surface area contributed by atoms with Gasteiger partial charge in [0.05, 0.1) is 19.1 Å². The molecule has 1 amide bonds. The fourth-order valence-electron chi connectivity index (χ4n) is 3.37. The number of ether oxygens (including phenoxy) is 2.